The molecule has 0 aliphatic carbocycles. The van der Waals surface area contributed by atoms with Crippen molar-refractivity contribution in [1.82, 2.24) is 4.68 Å². The Morgan fingerprint density at radius 2 is 2.03 bits per heavy atom. The van der Waals surface area contributed by atoms with Crippen molar-refractivity contribution in [2.75, 3.05) is 11.9 Å². The summed E-state index contributed by atoms with van der Waals surface area (Å²) >= 11 is 2.95. The number of halogens is 1. The van der Waals surface area contributed by atoms with Crippen LogP contribution in [-0.2, 0) is 4.79 Å². The molecule has 160 valence electrons. The topological polar surface area (TPSA) is 68.0 Å². The van der Waals surface area contributed by atoms with Crippen molar-refractivity contribution in [3.05, 3.63) is 80.9 Å². The highest BCUT2D eigenvalue weighted by Crippen LogP contribution is 2.33. The van der Waals surface area contributed by atoms with Crippen LogP contribution in [0.3, 0.4) is 0 Å². The Hall–Kier alpha value is -3.56. The van der Waals surface area contributed by atoms with Gasteiger partial charge in [0.2, 0.25) is 4.80 Å². The van der Waals surface area contributed by atoms with Gasteiger partial charge in [-0.3, -0.25) is 4.79 Å². The van der Waals surface area contributed by atoms with E-state index < -0.39 is 5.82 Å². The monoisotopic (exact) mass is 464 g/mol. The van der Waals surface area contributed by atoms with E-state index in [1.807, 2.05) is 48.0 Å². The average molecular weight is 465 g/mol. The molecule has 1 N–H and O–H groups in total. The summed E-state index contributed by atoms with van der Waals surface area (Å²) in [7, 11) is 0. The molecule has 4 aromatic rings. The molecule has 9 heteroatoms. The third-order valence-corrected chi connectivity index (χ3v) is 6.58. The SMILES string of the molecule is CC(=Nn1c(-c2ccc3c(c2)NC(=O)CO3)csc1=Nc1ccccc1F)c1cccs1. The first-order chi connectivity index (χ1) is 15.6. The van der Waals surface area contributed by atoms with E-state index in [0.29, 0.717) is 16.2 Å². The summed E-state index contributed by atoms with van der Waals surface area (Å²) in [6.07, 6.45) is 0. The van der Waals surface area contributed by atoms with Gasteiger partial charge in [0.05, 0.1) is 22.0 Å². The lowest BCUT2D eigenvalue weighted by Crippen LogP contribution is -2.25. The molecule has 0 bridgehead atoms. The highest BCUT2D eigenvalue weighted by molar-refractivity contribution is 7.12. The predicted molar refractivity (Wildman–Crippen MR) is 125 cm³/mol. The fourth-order valence-corrected chi connectivity index (χ4v) is 4.76. The van der Waals surface area contributed by atoms with E-state index in [9.17, 15) is 9.18 Å². The van der Waals surface area contributed by atoms with Crippen LogP contribution in [0, 0.1) is 5.82 Å². The number of aromatic nitrogens is 1. The number of ether oxygens (including phenoxy) is 1. The third kappa shape index (κ3) is 4.00. The fraction of sp³-hybridized carbons (Fsp3) is 0.0870. The van der Waals surface area contributed by atoms with Crippen LogP contribution in [0.2, 0.25) is 0 Å². The number of nitrogens with zero attached hydrogens (tertiary/aromatic N) is 3. The maximum Gasteiger partial charge on any atom is 0.262 e. The first-order valence-electron chi connectivity index (χ1n) is 9.75. The molecule has 32 heavy (non-hydrogen) atoms. The van der Waals surface area contributed by atoms with E-state index >= 15 is 0 Å². The number of carbonyl (C=O) groups is 1. The van der Waals surface area contributed by atoms with Crippen LogP contribution in [0.5, 0.6) is 5.75 Å². The van der Waals surface area contributed by atoms with Crippen molar-refractivity contribution in [3.63, 3.8) is 0 Å². The minimum absolute atomic E-state index is 0.000761. The van der Waals surface area contributed by atoms with Gasteiger partial charge in [0.25, 0.3) is 5.91 Å². The van der Waals surface area contributed by atoms with Gasteiger partial charge in [0, 0.05) is 10.9 Å². The molecule has 0 atom stereocenters. The number of fused-ring (bicyclic) bond motifs is 1. The summed E-state index contributed by atoms with van der Waals surface area (Å²) in [6.45, 7) is 1.93. The largest absolute Gasteiger partial charge is 0.482 e. The zero-order chi connectivity index (χ0) is 22.1. The summed E-state index contributed by atoms with van der Waals surface area (Å²) < 4.78 is 21.4. The first kappa shape index (κ1) is 20.3. The molecule has 2 aromatic carbocycles. The number of nitrogens with one attached hydrogen (secondary N) is 1. The van der Waals surface area contributed by atoms with E-state index in [2.05, 4.69) is 10.3 Å². The van der Waals surface area contributed by atoms with Gasteiger partial charge < -0.3 is 10.1 Å². The van der Waals surface area contributed by atoms with Gasteiger partial charge in [-0.25, -0.2) is 14.1 Å². The molecule has 0 radical (unpaired) electrons. The van der Waals surface area contributed by atoms with Crippen LogP contribution < -0.4 is 14.9 Å². The summed E-state index contributed by atoms with van der Waals surface area (Å²) in [4.78, 5) is 17.8. The van der Waals surface area contributed by atoms with Crippen LogP contribution >= 0.6 is 22.7 Å². The zero-order valence-corrected chi connectivity index (χ0v) is 18.5. The third-order valence-electron chi connectivity index (χ3n) is 4.79. The molecule has 6 nitrogen and oxygen atoms in total. The zero-order valence-electron chi connectivity index (χ0n) is 16.9. The van der Waals surface area contributed by atoms with Crippen molar-refractivity contribution in [2.24, 2.45) is 10.1 Å². The Labute approximate surface area is 191 Å². The molecule has 2 aromatic heterocycles. The van der Waals surface area contributed by atoms with Crippen molar-refractivity contribution >= 4 is 45.7 Å². The number of benzene rings is 2. The normalized spacial score (nSPS) is 14.1. The van der Waals surface area contributed by atoms with Gasteiger partial charge in [-0.05, 0) is 48.7 Å². The molecule has 0 fully saturated rings. The Balaban J connectivity index is 1.68. The number of rotatable bonds is 4. The van der Waals surface area contributed by atoms with Gasteiger partial charge in [-0.15, -0.1) is 22.7 Å². The molecule has 0 unspecified atom stereocenters. The predicted octanol–water partition coefficient (Wildman–Crippen LogP) is 5.25. The van der Waals surface area contributed by atoms with Gasteiger partial charge in [0.15, 0.2) is 6.61 Å². The van der Waals surface area contributed by atoms with E-state index in [1.165, 1.54) is 17.4 Å². The lowest BCUT2D eigenvalue weighted by Gasteiger charge is -2.18. The molecule has 1 amide bonds. The number of carbonyl (C=O) groups excluding carboxylic acids is 1. The molecule has 0 saturated carbocycles. The molecule has 5 rings (SSSR count). The minimum atomic E-state index is -0.401. The molecule has 3 heterocycles. The lowest BCUT2D eigenvalue weighted by atomic mass is 10.1. The summed E-state index contributed by atoms with van der Waals surface area (Å²) in [5, 5.41) is 11.5. The second-order valence-corrected chi connectivity index (χ2v) is 8.77. The van der Waals surface area contributed by atoms with Crippen molar-refractivity contribution in [3.8, 4) is 17.0 Å². The summed E-state index contributed by atoms with van der Waals surface area (Å²) in [5.41, 5.74) is 3.24. The highest BCUT2D eigenvalue weighted by Gasteiger charge is 2.18. The number of anilines is 1. The molecule has 0 saturated heterocycles. The molecule has 1 aliphatic rings. The number of hydrogen-bond donors (Lipinski definition) is 1. The lowest BCUT2D eigenvalue weighted by molar-refractivity contribution is -0.118. The maximum absolute atomic E-state index is 14.3. The standard InChI is InChI=1S/C23H17FN4O2S2/c1-14(21-7-4-10-31-21)27-28-19(13-32-23(28)26-17-6-3-2-5-16(17)24)15-8-9-20-18(11-15)25-22(29)12-30-20/h2-11,13H,12H2,1H3,(H,25,29). The van der Waals surface area contributed by atoms with E-state index in [1.54, 1.807) is 34.2 Å². The number of para-hydroxylation sites is 1. The summed E-state index contributed by atoms with van der Waals surface area (Å²) in [6, 6.07) is 15.9. The number of hydrogen-bond acceptors (Lipinski definition) is 6. The molecule has 0 spiro atoms. The van der Waals surface area contributed by atoms with Crippen LogP contribution in [-0.4, -0.2) is 22.9 Å². The fourth-order valence-electron chi connectivity index (χ4n) is 3.24. The van der Waals surface area contributed by atoms with Gasteiger partial charge in [-0.2, -0.15) is 5.10 Å². The van der Waals surface area contributed by atoms with Gasteiger partial charge in [0.1, 0.15) is 17.3 Å². The van der Waals surface area contributed by atoms with Crippen LogP contribution in [0.4, 0.5) is 15.8 Å². The Bertz CT molecular complexity index is 1400. The van der Waals surface area contributed by atoms with E-state index in [-0.39, 0.29) is 18.2 Å². The maximum atomic E-state index is 14.3. The number of thiazole rings is 1. The Morgan fingerprint density at radius 1 is 1.16 bits per heavy atom. The van der Waals surface area contributed by atoms with Crippen molar-refractivity contribution in [1.29, 1.82) is 0 Å². The Kier molecular flexibility index (Phi) is 5.42. The molecule has 1 aliphatic heterocycles. The van der Waals surface area contributed by atoms with Crippen LogP contribution in [0.1, 0.15) is 11.8 Å². The smallest absolute Gasteiger partial charge is 0.262 e. The second kappa shape index (κ2) is 8.52. The molecular weight excluding hydrogens is 447 g/mol. The van der Waals surface area contributed by atoms with E-state index in [0.717, 1.165) is 21.8 Å². The summed E-state index contributed by atoms with van der Waals surface area (Å²) in [5.74, 6) is 0.0147. The molecular formula is C23H17FN4O2S2. The van der Waals surface area contributed by atoms with Gasteiger partial charge >= 0.3 is 0 Å². The van der Waals surface area contributed by atoms with Gasteiger partial charge in [-0.1, -0.05) is 18.2 Å². The van der Waals surface area contributed by atoms with Crippen LogP contribution in [0.25, 0.3) is 11.3 Å². The number of amides is 1. The number of thiophene rings is 1. The van der Waals surface area contributed by atoms with Crippen molar-refractivity contribution in [2.45, 2.75) is 6.92 Å². The Morgan fingerprint density at radius 3 is 2.84 bits per heavy atom. The minimum Gasteiger partial charge on any atom is -0.482 e. The van der Waals surface area contributed by atoms with Crippen molar-refractivity contribution < 1.29 is 13.9 Å². The second-order valence-electron chi connectivity index (χ2n) is 6.99. The average Bonchev–Trinajstić information content (AvgIpc) is 3.46. The quantitative estimate of drug-likeness (QED) is 0.419. The highest BCUT2D eigenvalue weighted by atomic mass is 32.1. The van der Waals surface area contributed by atoms with E-state index in [4.69, 9.17) is 9.84 Å². The first-order valence-corrected chi connectivity index (χ1v) is 11.5. The van der Waals surface area contributed by atoms with Crippen LogP contribution in [0.15, 0.2) is 75.5 Å².